The fourth-order valence-electron chi connectivity index (χ4n) is 4.99. The van der Waals surface area contributed by atoms with Gasteiger partial charge in [-0.05, 0) is 48.4 Å². The van der Waals surface area contributed by atoms with Crippen molar-refractivity contribution in [2.45, 2.75) is 24.9 Å². The van der Waals surface area contributed by atoms with Crippen LogP contribution in [0.3, 0.4) is 0 Å². The minimum atomic E-state index is -0.755. The summed E-state index contributed by atoms with van der Waals surface area (Å²) in [4.78, 5) is 14.7. The first kappa shape index (κ1) is 19.1. The van der Waals surface area contributed by atoms with E-state index in [0.717, 1.165) is 38.4 Å². The lowest BCUT2D eigenvalue weighted by Gasteiger charge is -2.30. The molecular formula is C23H26FNO3. The maximum Gasteiger partial charge on any atom is 0.176 e. The zero-order valence-corrected chi connectivity index (χ0v) is 16.1. The van der Waals surface area contributed by atoms with Crippen LogP contribution in [0.4, 0.5) is 4.39 Å². The topological polar surface area (TPSA) is 49.8 Å². The van der Waals surface area contributed by atoms with Gasteiger partial charge in [0.25, 0.3) is 0 Å². The van der Waals surface area contributed by atoms with Gasteiger partial charge in [0.2, 0.25) is 0 Å². The Bertz CT molecular complexity index is 840. The molecule has 2 aromatic rings. The quantitative estimate of drug-likeness (QED) is 0.773. The number of methoxy groups -OCH3 is 1. The number of likely N-dealkylation sites (tertiary alicyclic amines) is 1. The molecule has 0 unspecified atom stereocenters. The average molecular weight is 383 g/mol. The lowest BCUT2D eigenvalue weighted by Crippen LogP contribution is -2.35. The highest BCUT2D eigenvalue weighted by Gasteiger charge is 2.49. The number of ketones is 1. The molecule has 0 radical (unpaired) electrons. The summed E-state index contributed by atoms with van der Waals surface area (Å²) in [5.74, 6) is -0.251. The highest BCUT2D eigenvalue weighted by atomic mass is 19.1. The zero-order chi connectivity index (χ0) is 19.7. The lowest BCUT2D eigenvalue weighted by atomic mass is 9.91. The van der Waals surface area contributed by atoms with Gasteiger partial charge in [0.05, 0.1) is 12.1 Å². The highest BCUT2D eigenvalue weighted by Crippen LogP contribution is 2.47. The number of rotatable bonds is 6. The van der Waals surface area contributed by atoms with E-state index in [2.05, 4.69) is 29.2 Å². The lowest BCUT2D eigenvalue weighted by molar-refractivity contribution is -0.0129. The highest BCUT2D eigenvalue weighted by molar-refractivity contribution is 5.97. The molecule has 148 valence electrons. The van der Waals surface area contributed by atoms with Crippen molar-refractivity contribution in [3.8, 4) is 5.75 Å². The van der Waals surface area contributed by atoms with E-state index in [1.807, 2.05) is 13.2 Å². The summed E-state index contributed by atoms with van der Waals surface area (Å²) >= 11 is 0. The van der Waals surface area contributed by atoms with Crippen LogP contribution >= 0.6 is 0 Å². The maximum absolute atomic E-state index is 13.5. The van der Waals surface area contributed by atoms with Gasteiger partial charge in [-0.25, -0.2) is 4.39 Å². The molecule has 1 aliphatic heterocycles. The van der Waals surface area contributed by atoms with Crippen molar-refractivity contribution in [2.24, 2.45) is 11.8 Å². The standard InChI is InChI=1S/C23H26FNO3/c1-28-23(10-16-5-3-2-4-6-16)11-18-13-25(14-19(18)12-23)15-22(27)17-7-8-21(26)20(24)9-17/h2-9,18-19,26H,10-15H2,1H3/t18-,19+,23+. The fraction of sp³-hybridized carbons (Fsp3) is 0.435. The molecule has 4 nitrogen and oxygen atoms in total. The number of fused-ring (bicyclic) bond motifs is 1. The Morgan fingerprint density at radius 2 is 1.86 bits per heavy atom. The predicted octanol–water partition coefficient (Wildman–Crippen LogP) is 3.68. The molecule has 2 fully saturated rings. The summed E-state index contributed by atoms with van der Waals surface area (Å²) in [6.45, 7) is 2.03. The van der Waals surface area contributed by atoms with E-state index in [1.165, 1.54) is 17.7 Å². The van der Waals surface area contributed by atoms with E-state index in [-0.39, 0.29) is 17.9 Å². The monoisotopic (exact) mass is 383 g/mol. The van der Waals surface area contributed by atoms with Crippen molar-refractivity contribution in [3.05, 3.63) is 65.5 Å². The van der Waals surface area contributed by atoms with Crippen LogP contribution in [-0.4, -0.2) is 48.1 Å². The summed E-state index contributed by atoms with van der Waals surface area (Å²) in [5, 5.41) is 9.29. The molecule has 1 heterocycles. The molecule has 1 saturated carbocycles. The number of aromatic hydroxyl groups is 1. The molecule has 1 N–H and O–H groups in total. The van der Waals surface area contributed by atoms with E-state index in [4.69, 9.17) is 4.74 Å². The third kappa shape index (κ3) is 3.82. The second-order valence-corrected chi connectivity index (χ2v) is 8.26. The Hall–Kier alpha value is -2.24. The third-order valence-electron chi connectivity index (χ3n) is 6.36. The molecule has 0 amide bonds. The minimum absolute atomic E-state index is 0.110. The number of ether oxygens (including phenoxy) is 1. The molecule has 28 heavy (non-hydrogen) atoms. The van der Waals surface area contributed by atoms with Crippen LogP contribution in [0.15, 0.2) is 48.5 Å². The average Bonchev–Trinajstić information content (AvgIpc) is 3.20. The largest absolute Gasteiger partial charge is 0.505 e. The van der Waals surface area contributed by atoms with Crippen molar-refractivity contribution in [3.63, 3.8) is 0 Å². The van der Waals surface area contributed by atoms with Crippen LogP contribution in [-0.2, 0) is 11.2 Å². The second kappa shape index (κ2) is 7.64. The van der Waals surface area contributed by atoms with Gasteiger partial charge in [0.1, 0.15) is 0 Å². The number of Topliss-reactive ketones (excluding diaryl/α,β-unsaturated/α-hetero) is 1. The minimum Gasteiger partial charge on any atom is -0.505 e. The summed E-state index contributed by atoms with van der Waals surface area (Å²) in [5.41, 5.74) is 1.49. The van der Waals surface area contributed by atoms with Crippen molar-refractivity contribution in [2.75, 3.05) is 26.7 Å². The van der Waals surface area contributed by atoms with Gasteiger partial charge in [-0.15, -0.1) is 0 Å². The smallest absolute Gasteiger partial charge is 0.176 e. The Labute approximate surface area is 164 Å². The number of nitrogens with zero attached hydrogens (tertiary/aromatic N) is 1. The number of benzene rings is 2. The van der Waals surface area contributed by atoms with Crippen LogP contribution in [0.5, 0.6) is 5.75 Å². The number of carbonyl (C=O) groups excluding carboxylic acids is 1. The molecule has 0 bridgehead atoms. The van der Waals surface area contributed by atoms with Crippen molar-refractivity contribution in [1.82, 2.24) is 4.90 Å². The van der Waals surface area contributed by atoms with Crippen LogP contribution in [0, 0.1) is 17.7 Å². The molecule has 4 rings (SSSR count). The van der Waals surface area contributed by atoms with Crippen LogP contribution in [0.2, 0.25) is 0 Å². The molecular weight excluding hydrogens is 357 g/mol. The van der Waals surface area contributed by atoms with Gasteiger partial charge in [-0.2, -0.15) is 0 Å². The predicted molar refractivity (Wildman–Crippen MR) is 105 cm³/mol. The Morgan fingerprint density at radius 1 is 1.18 bits per heavy atom. The number of phenols is 1. The van der Waals surface area contributed by atoms with Gasteiger partial charge >= 0.3 is 0 Å². The molecule has 2 aromatic carbocycles. The molecule has 1 saturated heterocycles. The first-order chi connectivity index (χ1) is 13.5. The van der Waals surface area contributed by atoms with Gasteiger partial charge in [-0.3, -0.25) is 9.69 Å². The Morgan fingerprint density at radius 3 is 2.46 bits per heavy atom. The van der Waals surface area contributed by atoms with E-state index in [0.29, 0.717) is 17.4 Å². The molecule has 0 aromatic heterocycles. The SMILES string of the molecule is CO[C@]1(Cc2ccccc2)C[C@H]2CN(CC(=O)c3ccc(O)c(F)c3)C[C@H]2C1. The number of hydrogen-bond donors (Lipinski definition) is 1. The summed E-state index contributed by atoms with van der Waals surface area (Å²) < 4.78 is 19.5. The Balaban J connectivity index is 1.37. The van der Waals surface area contributed by atoms with E-state index in [1.54, 1.807) is 0 Å². The van der Waals surface area contributed by atoms with Crippen LogP contribution in [0.25, 0.3) is 0 Å². The molecule has 1 aliphatic carbocycles. The van der Waals surface area contributed by atoms with E-state index < -0.39 is 11.6 Å². The first-order valence-corrected chi connectivity index (χ1v) is 9.81. The normalized spacial score (nSPS) is 27.1. The van der Waals surface area contributed by atoms with Crippen molar-refractivity contribution < 1.29 is 19.0 Å². The summed E-state index contributed by atoms with van der Waals surface area (Å²) in [6.07, 6.45) is 2.92. The van der Waals surface area contributed by atoms with E-state index >= 15 is 0 Å². The molecule has 3 atom stereocenters. The van der Waals surface area contributed by atoms with Crippen LogP contribution in [0.1, 0.15) is 28.8 Å². The number of phenolic OH excluding ortho intramolecular Hbond substituents is 1. The summed E-state index contributed by atoms with van der Waals surface area (Å²) in [7, 11) is 1.81. The maximum atomic E-state index is 13.5. The zero-order valence-electron chi connectivity index (χ0n) is 16.1. The number of halogens is 1. The molecule has 0 spiro atoms. The first-order valence-electron chi connectivity index (χ1n) is 9.81. The molecule has 2 aliphatic rings. The molecule has 5 heteroatoms. The second-order valence-electron chi connectivity index (χ2n) is 8.26. The van der Waals surface area contributed by atoms with Gasteiger partial charge in [0.15, 0.2) is 17.3 Å². The van der Waals surface area contributed by atoms with Crippen molar-refractivity contribution >= 4 is 5.78 Å². The third-order valence-corrected chi connectivity index (χ3v) is 6.36. The van der Waals surface area contributed by atoms with Gasteiger partial charge in [0, 0.05) is 32.2 Å². The fourth-order valence-corrected chi connectivity index (χ4v) is 4.99. The summed E-state index contributed by atoms with van der Waals surface area (Å²) in [6, 6.07) is 14.3. The van der Waals surface area contributed by atoms with Crippen molar-refractivity contribution in [1.29, 1.82) is 0 Å². The number of carbonyl (C=O) groups is 1. The van der Waals surface area contributed by atoms with Gasteiger partial charge < -0.3 is 9.84 Å². The Kier molecular flexibility index (Phi) is 5.21. The number of hydrogen-bond acceptors (Lipinski definition) is 4. The van der Waals surface area contributed by atoms with Gasteiger partial charge in [-0.1, -0.05) is 30.3 Å². The van der Waals surface area contributed by atoms with Crippen LogP contribution < -0.4 is 0 Å². The van der Waals surface area contributed by atoms with E-state index in [9.17, 15) is 14.3 Å².